The summed E-state index contributed by atoms with van der Waals surface area (Å²) in [5.41, 5.74) is -1.33. The Hall–Kier alpha value is -3.58. The van der Waals surface area contributed by atoms with Gasteiger partial charge >= 0.3 is 18.3 Å². The normalized spacial score (nSPS) is 15.7. The molecule has 1 aliphatic heterocycles. The molecular formula is C32H57N7O7. The van der Waals surface area contributed by atoms with E-state index in [0.717, 1.165) is 0 Å². The van der Waals surface area contributed by atoms with Gasteiger partial charge in [0.05, 0.1) is 12.2 Å². The highest BCUT2D eigenvalue weighted by Crippen LogP contribution is 2.24. The molecule has 262 valence electrons. The third-order valence-corrected chi connectivity index (χ3v) is 6.70. The number of carbonyl (C=O) groups excluding carboxylic acids is 4. The van der Waals surface area contributed by atoms with Crippen molar-refractivity contribution >= 4 is 24.2 Å². The molecule has 2 heterocycles. The average molecular weight is 652 g/mol. The summed E-state index contributed by atoms with van der Waals surface area (Å²) in [4.78, 5) is 54.5. The number of amides is 4. The third-order valence-electron chi connectivity index (χ3n) is 6.70. The zero-order valence-corrected chi connectivity index (χ0v) is 29.8. The lowest BCUT2D eigenvalue weighted by Gasteiger charge is -2.37. The number of rotatable bonds is 11. The van der Waals surface area contributed by atoms with Crippen molar-refractivity contribution in [1.29, 1.82) is 0 Å². The highest BCUT2D eigenvalue weighted by Gasteiger charge is 2.33. The minimum atomic E-state index is -0.669. The highest BCUT2D eigenvalue weighted by atomic mass is 16.6. The minimum absolute atomic E-state index is 0.138. The second-order valence-electron chi connectivity index (χ2n) is 15.2. The van der Waals surface area contributed by atoms with E-state index in [2.05, 4.69) is 20.9 Å². The van der Waals surface area contributed by atoms with E-state index in [-0.39, 0.29) is 11.8 Å². The monoisotopic (exact) mass is 651 g/mol. The van der Waals surface area contributed by atoms with Crippen LogP contribution in [0, 0.1) is 5.92 Å². The Labute approximate surface area is 274 Å². The first-order valence-corrected chi connectivity index (χ1v) is 16.3. The molecule has 0 unspecified atom stereocenters. The quantitative estimate of drug-likeness (QED) is 0.242. The lowest BCUT2D eigenvalue weighted by molar-refractivity contribution is -0.137. The molecule has 1 aliphatic rings. The largest absolute Gasteiger partial charge is 0.444 e. The maximum absolute atomic E-state index is 13.9. The molecule has 14 nitrogen and oxygen atoms in total. The van der Waals surface area contributed by atoms with Gasteiger partial charge in [0.1, 0.15) is 28.5 Å². The second kappa shape index (κ2) is 16.3. The predicted octanol–water partition coefficient (Wildman–Crippen LogP) is 5.21. The van der Waals surface area contributed by atoms with Crippen molar-refractivity contribution in [3.8, 4) is 0 Å². The van der Waals surface area contributed by atoms with Crippen LogP contribution in [0.3, 0.4) is 0 Å². The second-order valence-corrected chi connectivity index (χ2v) is 15.2. The highest BCUT2D eigenvalue weighted by molar-refractivity contribution is 5.81. The Bertz CT molecular complexity index is 1160. The molecular weight excluding hydrogens is 594 g/mol. The summed E-state index contributed by atoms with van der Waals surface area (Å²) in [6.07, 6.45) is 2.54. The number of hydrogen-bond acceptors (Lipinski definition) is 9. The molecule has 46 heavy (non-hydrogen) atoms. The fourth-order valence-electron chi connectivity index (χ4n) is 4.76. The fraction of sp³-hybridized carbons (Fsp3) is 0.812. The van der Waals surface area contributed by atoms with Gasteiger partial charge in [-0.2, -0.15) is 0 Å². The summed E-state index contributed by atoms with van der Waals surface area (Å²) in [7, 11) is 0. The van der Waals surface area contributed by atoms with Crippen LogP contribution in [0.15, 0.2) is 6.20 Å². The third kappa shape index (κ3) is 14.2. The Morgan fingerprint density at radius 1 is 0.804 bits per heavy atom. The summed E-state index contributed by atoms with van der Waals surface area (Å²) >= 11 is 0. The van der Waals surface area contributed by atoms with Crippen LogP contribution in [0.5, 0.6) is 0 Å². The average Bonchev–Trinajstić information content (AvgIpc) is 3.36. The van der Waals surface area contributed by atoms with Crippen molar-refractivity contribution in [3.63, 3.8) is 0 Å². The number of nitrogens with zero attached hydrogens (tertiary/aromatic N) is 5. The number of ether oxygens (including phenoxy) is 3. The van der Waals surface area contributed by atoms with Gasteiger partial charge in [0, 0.05) is 32.7 Å². The van der Waals surface area contributed by atoms with E-state index in [9.17, 15) is 19.2 Å². The van der Waals surface area contributed by atoms with E-state index in [1.807, 2.05) is 34.6 Å². The van der Waals surface area contributed by atoms with Gasteiger partial charge in [-0.05, 0) is 93.9 Å². The van der Waals surface area contributed by atoms with Crippen molar-refractivity contribution in [3.05, 3.63) is 11.9 Å². The topological polar surface area (TPSA) is 157 Å². The zero-order valence-electron chi connectivity index (χ0n) is 29.8. The maximum Gasteiger partial charge on any atom is 0.410 e. The molecule has 1 aromatic rings. The molecule has 0 aliphatic carbocycles. The van der Waals surface area contributed by atoms with Crippen LogP contribution in [-0.4, -0.2) is 98.5 Å². The summed E-state index contributed by atoms with van der Waals surface area (Å²) in [5.74, 6) is 0.0992. The number of carbonyl (C=O) groups is 4. The van der Waals surface area contributed by atoms with Crippen LogP contribution >= 0.6 is 0 Å². The van der Waals surface area contributed by atoms with Crippen molar-refractivity contribution in [2.75, 3.05) is 32.7 Å². The Kier molecular flexibility index (Phi) is 13.7. The van der Waals surface area contributed by atoms with E-state index in [0.29, 0.717) is 64.1 Å². The van der Waals surface area contributed by atoms with Crippen molar-refractivity contribution in [2.45, 2.75) is 131 Å². The summed E-state index contributed by atoms with van der Waals surface area (Å²) in [5, 5.41) is 14.4. The van der Waals surface area contributed by atoms with Crippen molar-refractivity contribution in [1.82, 2.24) is 35.4 Å². The van der Waals surface area contributed by atoms with Gasteiger partial charge in [-0.3, -0.25) is 4.79 Å². The van der Waals surface area contributed by atoms with E-state index in [4.69, 9.17) is 14.2 Å². The molecule has 4 amide bonds. The lowest BCUT2D eigenvalue weighted by atomic mass is 10.0. The molecule has 2 atom stereocenters. The molecule has 14 heteroatoms. The van der Waals surface area contributed by atoms with Crippen molar-refractivity contribution < 1.29 is 33.4 Å². The molecule has 0 spiro atoms. The van der Waals surface area contributed by atoms with Crippen LogP contribution in [0.4, 0.5) is 14.4 Å². The van der Waals surface area contributed by atoms with Crippen molar-refractivity contribution in [2.24, 2.45) is 5.92 Å². The van der Waals surface area contributed by atoms with E-state index < -0.39 is 47.2 Å². The van der Waals surface area contributed by atoms with E-state index in [1.54, 1.807) is 62.2 Å². The van der Waals surface area contributed by atoms with E-state index in [1.165, 1.54) is 0 Å². The molecule has 0 radical (unpaired) electrons. The van der Waals surface area contributed by atoms with Gasteiger partial charge in [-0.15, -0.1) is 5.10 Å². The summed E-state index contributed by atoms with van der Waals surface area (Å²) in [6.45, 7) is 22.2. The summed E-state index contributed by atoms with van der Waals surface area (Å²) in [6, 6.07) is -1.13. The molecule has 0 aromatic carbocycles. The Balaban J connectivity index is 2.19. The predicted molar refractivity (Wildman–Crippen MR) is 173 cm³/mol. The first-order valence-electron chi connectivity index (χ1n) is 16.3. The molecule has 1 saturated heterocycles. The SMILES string of the molecule is CC(C)C[C@H](NC(=O)OC(C)(C)C)c1cn([C@@H](CCCCNC(=O)OC(C)(C)C)C(=O)N2CCN(C(=O)OC(C)(C)C)CC2)nn1. The standard InChI is InChI=1S/C32H57N7O7/c1-22(2)20-23(34-28(42)45-31(6,7)8)24-21-39(36-35-24)25(14-12-13-15-33-27(41)44-30(3,4)5)26(40)37-16-18-38(19-17-37)29(43)46-32(9,10)11/h21-23,25H,12-20H2,1-11H3,(H,33,41)(H,34,42)/t23-,25-/m0/s1. The molecule has 2 N–H and O–H groups in total. The molecule has 1 aromatic heterocycles. The van der Waals surface area contributed by atoms with Crippen LogP contribution in [0.2, 0.25) is 0 Å². The Morgan fingerprint density at radius 3 is 1.89 bits per heavy atom. The van der Waals surface area contributed by atoms with Gasteiger partial charge in [0.25, 0.3) is 0 Å². The zero-order chi connectivity index (χ0) is 34.9. The number of aromatic nitrogens is 3. The van der Waals surface area contributed by atoms with Crippen LogP contribution in [0.1, 0.15) is 120 Å². The number of hydrogen-bond donors (Lipinski definition) is 2. The Morgan fingerprint density at radius 2 is 1.35 bits per heavy atom. The maximum atomic E-state index is 13.9. The van der Waals surface area contributed by atoms with Crippen LogP contribution < -0.4 is 10.6 Å². The van der Waals surface area contributed by atoms with Gasteiger partial charge in [-0.1, -0.05) is 19.1 Å². The summed E-state index contributed by atoms with van der Waals surface area (Å²) < 4.78 is 17.8. The smallest absolute Gasteiger partial charge is 0.410 e. The number of unbranched alkanes of at least 4 members (excludes halogenated alkanes) is 1. The molecule has 2 rings (SSSR count). The number of alkyl carbamates (subject to hydrolysis) is 2. The van der Waals surface area contributed by atoms with E-state index >= 15 is 0 Å². The van der Waals surface area contributed by atoms with Gasteiger partial charge < -0.3 is 34.6 Å². The number of nitrogens with one attached hydrogen (secondary N) is 2. The lowest BCUT2D eigenvalue weighted by Crippen LogP contribution is -2.53. The fourth-order valence-corrected chi connectivity index (χ4v) is 4.76. The first kappa shape index (κ1) is 38.6. The first-order chi connectivity index (χ1) is 21.1. The van der Waals surface area contributed by atoms with Crippen LogP contribution in [0.25, 0.3) is 0 Å². The number of piperazine rings is 1. The van der Waals surface area contributed by atoms with Gasteiger partial charge in [-0.25, -0.2) is 19.1 Å². The van der Waals surface area contributed by atoms with Crippen LogP contribution in [-0.2, 0) is 19.0 Å². The molecule has 0 bridgehead atoms. The minimum Gasteiger partial charge on any atom is -0.444 e. The van der Waals surface area contributed by atoms with Gasteiger partial charge in [0.2, 0.25) is 5.91 Å². The molecule has 1 fully saturated rings. The van der Waals surface area contributed by atoms with Gasteiger partial charge in [0.15, 0.2) is 0 Å². The molecule has 0 saturated carbocycles.